The van der Waals surface area contributed by atoms with Gasteiger partial charge in [-0.25, -0.2) is 0 Å². The largest absolute Gasteiger partial charge is 0.437 e. The van der Waals surface area contributed by atoms with Gasteiger partial charge in [-0.1, -0.05) is 23.7 Å². The van der Waals surface area contributed by atoms with Gasteiger partial charge in [-0.15, -0.1) is 0 Å². The van der Waals surface area contributed by atoms with Crippen molar-refractivity contribution >= 4 is 17.2 Å². The highest BCUT2D eigenvalue weighted by Crippen LogP contribution is 2.30. The molecule has 0 aliphatic rings. The van der Waals surface area contributed by atoms with Gasteiger partial charge in [0.15, 0.2) is 0 Å². The molecule has 1 aromatic carbocycles. The molecule has 0 amide bonds. The third kappa shape index (κ3) is 2.73. The highest BCUT2D eigenvalue weighted by atomic mass is 35.5. The van der Waals surface area contributed by atoms with E-state index >= 15 is 0 Å². The summed E-state index contributed by atoms with van der Waals surface area (Å²) in [5.41, 5.74) is 2.86. The van der Waals surface area contributed by atoms with E-state index in [1.807, 2.05) is 61.0 Å². The minimum atomic E-state index is 0.598. The SMILES string of the molecule is CNCc1c(Oc2cc(Cl)ccc2C)nc2ccccn12. The van der Waals surface area contributed by atoms with Gasteiger partial charge in [0, 0.05) is 17.8 Å². The van der Waals surface area contributed by atoms with Crippen LogP contribution in [0.3, 0.4) is 0 Å². The Balaban J connectivity index is 2.07. The monoisotopic (exact) mass is 301 g/mol. The van der Waals surface area contributed by atoms with Crippen LogP contribution in [0.5, 0.6) is 11.6 Å². The lowest BCUT2D eigenvalue weighted by Gasteiger charge is -2.09. The Morgan fingerprint density at radius 3 is 2.95 bits per heavy atom. The second-order valence-electron chi connectivity index (χ2n) is 4.83. The molecule has 0 aliphatic heterocycles. The fourth-order valence-electron chi connectivity index (χ4n) is 2.22. The van der Waals surface area contributed by atoms with Gasteiger partial charge in [-0.3, -0.25) is 4.40 Å². The van der Waals surface area contributed by atoms with Gasteiger partial charge in [0.05, 0.1) is 0 Å². The van der Waals surface area contributed by atoms with E-state index in [1.54, 1.807) is 0 Å². The van der Waals surface area contributed by atoms with E-state index < -0.39 is 0 Å². The molecule has 3 aromatic rings. The molecule has 21 heavy (non-hydrogen) atoms. The number of pyridine rings is 1. The number of benzene rings is 1. The van der Waals surface area contributed by atoms with Gasteiger partial charge in [-0.2, -0.15) is 4.98 Å². The summed E-state index contributed by atoms with van der Waals surface area (Å²) in [5, 5.41) is 3.80. The number of ether oxygens (including phenoxy) is 1. The number of nitrogens with zero attached hydrogens (tertiary/aromatic N) is 2. The molecule has 0 aliphatic carbocycles. The summed E-state index contributed by atoms with van der Waals surface area (Å²) in [5.74, 6) is 1.32. The van der Waals surface area contributed by atoms with E-state index in [4.69, 9.17) is 16.3 Å². The van der Waals surface area contributed by atoms with Crippen molar-refractivity contribution in [1.29, 1.82) is 0 Å². The van der Waals surface area contributed by atoms with Crippen LogP contribution in [0.2, 0.25) is 5.02 Å². The lowest BCUT2D eigenvalue weighted by Crippen LogP contribution is -2.08. The molecule has 0 saturated carbocycles. The number of imidazole rings is 1. The normalized spacial score (nSPS) is 11.0. The Morgan fingerprint density at radius 2 is 2.14 bits per heavy atom. The Kier molecular flexibility index (Phi) is 3.82. The molecule has 0 radical (unpaired) electrons. The summed E-state index contributed by atoms with van der Waals surface area (Å²) in [6.07, 6.45) is 1.98. The lowest BCUT2D eigenvalue weighted by molar-refractivity contribution is 0.454. The Hall–Kier alpha value is -2.04. The number of nitrogens with one attached hydrogen (secondary N) is 1. The molecule has 3 rings (SSSR count). The Morgan fingerprint density at radius 1 is 1.29 bits per heavy atom. The molecular formula is C16H16ClN3O. The maximum Gasteiger partial charge on any atom is 0.242 e. The molecule has 0 saturated heterocycles. The van der Waals surface area contributed by atoms with Gasteiger partial charge in [0.25, 0.3) is 0 Å². The highest BCUT2D eigenvalue weighted by Gasteiger charge is 2.14. The third-order valence-electron chi connectivity index (χ3n) is 3.29. The van der Waals surface area contributed by atoms with Crippen molar-refractivity contribution in [3.8, 4) is 11.6 Å². The minimum absolute atomic E-state index is 0.598. The van der Waals surface area contributed by atoms with Crippen LogP contribution < -0.4 is 10.1 Å². The van der Waals surface area contributed by atoms with E-state index in [0.29, 0.717) is 17.4 Å². The van der Waals surface area contributed by atoms with Crippen LogP contribution in [0.25, 0.3) is 5.65 Å². The second kappa shape index (κ2) is 5.76. The minimum Gasteiger partial charge on any atom is -0.437 e. The van der Waals surface area contributed by atoms with Crippen molar-refractivity contribution in [2.45, 2.75) is 13.5 Å². The molecule has 2 heterocycles. The maximum atomic E-state index is 6.04. The highest BCUT2D eigenvalue weighted by molar-refractivity contribution is 6.30. The number of hydrogen-bond donors (Lipinski definition) is 1. The number of aromatic nitrogens is 2. The molecule has 5 heteroatoms. The smallest absolute Gasteiger partial charge is 0.242 e. The molecule has 0 spiro atoms. The topological polar surface area (TPSA) is 38.6 Å². The summed E-state index contributed by atoms with van der Waals surface area (Å²) in [6.45, 7) is 2.65. The first-order valence-electron chi connectivity index (χ1n) is 6.73. The van der Waals surface area contributed by atoms with Crippen LogP contribution in [0.1, 0.15) is 11.3 Å². The summed E-state index contributed by atoms with van der Waals surface area (Å²) in [7, 11) is 1.90. The molecule has 4 nitrogen and oxygen atoms in total. The summed E-state index contributed by atoms with van der Waals surface area (Å²) >= 11 is 6.04. The number of fused-ring (bicyclic) bond motifs is 1. The van der Waals surface area contributed by atoms with E-state index in [0.717, 1.165) is 22.7 Å². The fourth-order valence-corrected chi connectivity index (χ4v) is 2.39. The lowest BCUT2D eigenvalue weighted by atomic mass is 10.2. The van der Waals surface area contributed by atoms with Gasteiger partial charge < -0.3 is 10.1 Å². The number of halogens is 1. The molecular weight excluding hydrogens is 286 g/mol. The summed E-state index contributed by atoms with van der Waals surface area (Å²) < 4.78 is 8.02. The predicted molar refractivity (Wildman–Crippen MR) is 84.2 cm³/mol. The molecule has 0 fully saturated rings. The molecule has 0 atom stereocenters. The van der Waals surface area contributed by atoms with Crippen molar-refractivity contribution in [1.82, 2.24) is 14.7 Å². The second-order valence-corrected chi connectivity index (χ2v) is 5.27. The van der Waals surface area contributed by atoms with Crippen LogP contribution >= 0.6 is 11.6 Å². The van der Waals surface area contributed by atoms with Crippen LogP contribution in [0.4, 0.5) is 0 Å². The zero-order valence-electron chi connectivity index (χ0n) is 11.9. The van der Waals surface area contributed by atoms with Crippen LogP contribution in [0.15, 0.2) is 42.6 Å². The van der Waals surface area contributed by atoms with E-state index in [1.165, 1.54) is 0 Å². The standard InChI is InChI=1S/C16H16ClN3O/c1-11-6-7-12(17)9-14(11)21-16-13(10-18-2)20-8-4-3-5-15(20)19-16/h3-9,18H,10H2,1-2H3. The van der Waals surface area contributed by atoms with Gasteiger partial charge in [0.2, 0.25) is 5.88 Å². The molecule has 0 unspecified atom stereocenters. The average Bonchev–Trinajstić information content (AvgIpc) is 2.81. The Labute approximate surface area is 128 Å². The molecule has 2 aromatic heterocycles. The molecule has 1 N–H and O–H groups in total. The summed E-state index contributed by atoms with van der Waals surface area (Å²) in [6, 6.07) is 11.5. The van der Waals surface area contributed by atoms with Crippen molar-refractivity contribution in [2.24, 2.45) is 0 Å². The van der Waals surface area contributed by atoms with Crippen molar-refractivity contribution in [3.05, 3.63) is 58.9 Å². The van der Waals surface area contributed by atoms with Crippen LogP contribution in [-0.4, -0.2) is 16.4 Å². The first kappa shape index (κ1) is 13.9. The van der Waals surface area contributed by atoms with Gasteiger partial charge >= 0.3 is 0 Å². The van der Waals surface area contributed by atoms with Crippen LogP contribution in [0, 0.1) is 6.92 Å². The molecule has 108 valence electrons. The zero-order valence-corrected chi connectivity index (χ0v) is 12.7. The fraction of sp³-hybridized carbons (Fsp3) is 0.188. The average molecular weight is 302 g/mol. The van der Waals surface area contributed by atoms with E-state index in [2.05, 4.69) is 10.3 Å². The first-order valence-corrected chi connectivity index (χ1v) is 7.11. The number of hydrogen-bond acceptors (Lipinski definition) is 3. The maximum absolute atomic E-state index is 6.04. The van der Waals surface area contributed by atoms with E-state index in [-0.39, 0.29) is 0 Å². The van der Waals surface area contributed by atoms with E-state index in [9.17, 15) is 0 Å². The molecule has 0 bridgehead atoms. The quantitative estimate of drug-likeness (QED) is 0.796. The number of aryl methyl sites for hydroxylation is 1. The number of rotatable bonds is 4. The van der Waals surface area contributed by atoms with Crippen LogP contribution in [-0.2, 0) is 6.54 Å². The Bertz CT molecular complexity index is 782. The predicted octanol–water partition coefficient (Wildman–Crippen LogP) is 3.81. The van der Waals surface area contributed by atoms with Gasteiger partial charge in [-0.05, 0) is 43.8 Å². The van der Waals surface area contributed by atoms with Crippen molar-refractivity contribution in [2.75, 3.05) is 7.05 Å². The zero-order chi connectivity index (χ0) is 14.8. The van der Waals surface area contributed by atoms with Gasteiger partial charge in [0.1, 0.15) is 17.1 Å². The van der Waals surface area contributed by atoms with Crippen molar-refractivity contribution in [3.63, 3.8) is 0 Å². The van der Waals surface area contributed by atoms with Crippen molar-refractivity contribution < 1.29 is 4.74 Å². The third-order valence-corrected chi connectivity index (χ3v) is 3.53. The first-order chi connectivity index (χ1) is 10.2. The summed E-state index contributed by atoms with van der Waals surface area (Å²) in [4.78, 5) is 4.56.